The Labute approximate surface area is 293 Å². The van der Waals surface area contributed by atoms with E-state index < -0.39 is 52.9 Å². The molecule has 0 unspecified atom stereocenters. The third-order valence-electron chi connectivity index (χ3n) is 9.10. The zero-order valence-corrected chi connectivity index (χ0v) is 30.7. The summed E-state index contributed by atoms with van der Waals surface area (Å²) in [5.74, 6) is -1.81. The van der Waals surface area contributed by atoms with E-state index in [1.807, 2.05) is 61.5 Å². The van der Waals surface area contributed by atoms with Gasteiger partial charge in [0.15, 0.2) is 5.71 Å². The van der Waals surface area contributed by atoms with Gasteiger partial charge in [0.2, 0.25) is 5.69 Å². The van der Waals surface area contributed by atoms with Crippen molar-refractivity contribution < 1.29 is 53.4 Å². The molecule has 13 nitrogen and oxygen atoms in total. The van der Waals surface area contributed by atoms with Gasteiger partial charge in [0.05, 0.1) is 27.4 Å². The fraction of sp³-hybridized carbons (Fsp3) is 0.412. The maximum Gasteiger partial charge on any atom is 0.335 e. The van der Waals surface area contributed by atoms with Crippen LogP contribution in [0.3, 0.4) is 0 Å². The van der Waals surface area contributed by atoms with Gasteiger partial charge < -0.3 is 10.0 Å². The lowest BCUT2D eigenvalue weighted by Gasteiger charge is -2.27. The summed E-state index contributed by atoms with van der Waals surface area (Å²) in [6.45, 7) is 8.57. The molecule has 2 heterocycles. The van der Waals surface area contributed by atoms with Crippen LogP contribution < -0.4 is 4.90 Å². The van der Waals surface area contributed by atoms with E-state index in [0.29, 0.717) is 37.2 Å². The zero-order valence-electron chi connectivity index (χ0n) is 28.3. The average Bonchev–Trinajstić information content (AvgIpc) is 3.33. The maximum absolute atomic E-state index is 11.9. The molecule has 272 valence electrons. The van der Waals surface area contributed by atoms with Crippen LogP contribution in [0.2, 0.25) is 0 Å². The van der Waals surface area contributed by atoms with Gasteiger partial charge in [-0.3, -0.25) is 13.7 Å². The molecular weight excluding hydrogens is 709 g/mol. The number of hydrogen-bond acceptors (Lipinski definition) is 8. The van der Waals surface area contributed by atoms with E-state index in [2.05, 4.69) is 0 Å². The molecule has 0 atom stereocenters. The van der Waals surface area contributed by atoms with Crippen LogP contribution in [0.1, 0.15) is 74.9 Å². The third-order valence-corrected chi connectivity index (χ3v) is 11.6. The predicted octanol–water partition coefficient (Wildman–Crippen LogP) is 5.14. The van der Waals surface area contributed by atoms with E-state index in [1.54, 1.807) is 24.3 Å². The third kappa shape index (κ3) is 8.97. The Hall–Kier alpha value is -3.67. The number of carboxylic acid groups (broad SMARTS) is 1. The first-order valence-corrected chi connectivity index (χ1v) is 20.6. The minimum Gasteiger partial charge on any atom is -0.478 e. The molecule has 0 saturated heterocycles. The molecule has 0 aromatic heterocycles. The summed E-state index contributed by atoms with van der Waals surface area (Å²) in [5, 5.41) is 9.61. The highest BCUT2D eigenvalue weighted by Gasteiger charge is 2.44. The van der Waals surface area contributed by atoms with Gasteiger partial charge in [-0.1, -0.05) is 32.1 Å². The molecule has 0 aliphatic carbocycles. The molecule has 0 radical (unpaired) electrons. The first kappa shape index (κ1) is 39.1. The summed E-state index contributed by atoms with van der Waals surface area (Å²) >= 11 is 0. The monoisotopic (exact) mass is 751 g/mol. The number of anilines is 1. The van der Waals surface area contributed by atoms with Gasteiger partial charge in [0.1, 0.15) is 6.54 Å². The number of allylic oxidation sites excluding steroid dienone is 6. The Balaban J connectivity index is 1.67. The van der Waals surface area contributed by atoms with E-state index in [0.717, 1.165) is 22.7 Å². The Kier molecular flexibility index (Phi) is 11.4. The summed E-state index contributed by atoms with van der Waals surface area (Å²) in [7, 11) is -12.7. The van der Waals surface area contributed by atoms with Crippen LogP contribution in [-0.2, 0) is 41.2 Å². The molecule has 2 aliphatic rings. The molecule has 4 rings (SSSR count). The molecule has 0 bridgehead atoms. The zero-order chi connectivity index (χ0) is 37.3. The number of benzene rings is 2. The number of carboxylic acids is 1. The number of carbonyl (C=O) groups is 1. The summed E-state index contributed by atoms with van der Waals surface area (Å²) in [5.41, 5.74) is 3.44. The highest BCUT2D eigenvalue weighted by molar-refractivity contribution is 7.86. The van der Waals surface area contributed by atoms with Crippen molar-refractivity contribution in [1.29, 1.82) is 0 Å². The standard InChI is InChI=1S/C34H42N2O11S3/c1-33(2)26-22-24(32(37)38)14-16-28(26)35(18-8-10-20-48(39,40)41)30(33)12-6-5-7-13-31-34(3,4)27-23-25(50(45,46)47)15-17-29(27)36(31)19-9-11-21-49(42,43)44/h5-7,12-17,22-23H,8-11,18-21H2,1-4H3,(H3-,37,38,39,40,41,42,43,44,45,46,47)/p+1. The predicted molar refractivity (Wildman–Crippen MR) is 191 cm³/mol. The van der Waals surface area contributed by atoms with Crippen LogP contribution in [0, 0.1) is 0 Å². The molecule has 0 amide bonds. The van der Waals surface area contributed by atoms with Crippen LogP contribution in [0.25, 0.3) is 0 Å². The highest BCUT2D eigenvalue weighted by atomic mass is 32.2. The van der Waals surface area contributed by atoms with Gasteiger partial charge in [0.25, 0.3) is 30.4 Å². The van der Waals surface area contributed by atoms with Crippen molar-refractivity contribution in [2.24, 2.45) is 0 Å². The smallest absolute Gasteiger partial charge is 0.335 e. The lowest BCUT2D eigenvalue weighted by Crippen LogP contribution is -2.28. The number of fused-ring (bicyclic) bond motifs is 2. The van der Waals surface area contributed by atoms with Crippen LogP contribution in [-0.4, -0.2) is 84.9 Å². The summed E-state index contributed by atoms with van der Waals surface area (Å²) in [6.07, 6.45) is 10.5. The second kappa shape index (κ2) is 14.5. The van der Waals surface area contributed by atoms with Gasteiger partial charge in [-0.05, 0) is 75.1 Å². The normalized spacial score (nSPS) is 18.1. The number of unbranched alkanes of at least 4 members (excludes halogenated alkanes) is 2. The number of hydrogen-bond donors (Lipinski definition) is 4. The Bertz CT molecular complexity index is 2130. The molecule has 4 N–H and O–H groups in total. The van der Waals surface area contributed by atoms with E-state index in [-0.39, 0.29) is 29.1 Å². The van der Waals surface area contributed by atoms with Gasteiger partial charge in [-0.2, -0.15) is 29.8 Å². The first-order valence-electron chi connectivity index (χ1n) is 15.9. The highest BCUT2D eigenvalue weighted by Crippen LogP contribution is 2.48. The first-order chi connectivity index (χ1) is 23.0. The topological polar surface area (TPSA) is 207 Å². The van der Waals surface area contributed by atoms with Gasteiger partial charge in [0, 0.05) is 47.5 Å². The van der Waals surface area contributed by atoms with Crippen molar-refractivity contribution in [2.45, 2.75) is 69.1 Å². The Morgan fingerprint density at radius 3 is 2.02 bits per heavy atom. The van der Waals surface area contributed by atoms with E-state index in [9.17, 15) is 39.7 Å². The molecule has 16 heteroatoms. The fourth-order valence-corrected chi connectivity index (χ4v) is 8.22. The number of nitrogens with zero attached hydrogens (tertiary/aromatic N) is 2. The molecular formula is C34H43N2O11S3+. The molecule has 0 saturated carbocycles. The summed E-state index contributed by atoms with van der Waals surface area (Å²) < 4.78 is 98.9. The van der Waals surface area contributed by atoms with Crippen molar-refractivity contribution in [3.05, 3.63) is 89.2 Å². The SMILES string of the molecule is CC1(C)C(=CC=CC=CC2=[N+](CCCCS(=O)(=O)O)c3ccc(C(=O)O)cc3C2(C)C)N(CCCCS(=O)(=O)O)c2ccc(S(=O)(=O)O)cc21. The van der Waals surface area contributed by atoms with Gasteiger partial charge >= 0.3 is 5.97 Å². The van der Waals surface area contributed by atoms with Crippen molar-refractivity contribution >= 4 is 53.4 Å². The molecule has 50 heavy (non-hydrogen) atoms. The van der Waals surface area contributed by atoms with Crippen molar-refractivity contribution in [3.63, 3.8) is 0 Å². The molecule has 0 spiro atoms. The summed E-state index contributed by atoms with van der Waals surface area (Å²) in [6, 6.07) is 9.24. The van der Waals surface area contributed by atoms with Crippen molar-refractivity contribution in [3.8, 4) is 0 Å². The second-order valence-electron chi connectivity index (χ2n) is 13.4. The molecule has 2 aromatic carbocycles. The average molecular weight is 752 g/mol. The van der Waals surface area contributed by atoms with E-state index in [4.69, 9.17) is 9.11 Å². The lowest BCUT2D eigenvalue weighted by molar-refractivity contribution is -0.438. The van der Waals surface area contributed by atoms with Crippen LogP contribution in [0.4, 0.5) is 11.4 Å². The largest absolute Gasteiger partial charge is 0.478 e. The molecule has 0 fully saturated rings. The quantitative estimate of drug-likeness (QED) is 0.0808. The minimum absolute atomic E-state index is 0.145. The fourth-order valence-electron chi connectivity index (χ4n) is 6.57. The maximum atomic E-state index is 11.9. The van der Waals surface area contributed by atoms with E-state index >= 15 is 0 Å². The lowest BCUT2D eigenvalue weighted by atomic mass is 9.81. The van der Waals surface area contributed by atoms with Crippen LogP contribution >= 0.6 is 0 Å². The minimum atomic E-state index is -4.46. The number of rotatable bonds is 15. The van der Waals surface area contributed by atoms with Gasteiger partial charge in [-0.15, -0.1) is 0 Å². The molecule has 2 aromatic rings. The van der Waals surface area contributed by atoms with Crippen molar-refractivity contribution in [2.75, 3.05) is 29.5 Å². The Morgan fingerprint density at radius 2 is 1.42 bits per heavy atom. The van der Waals surface area contributed by atoms with Crippen molar-refractivity contribution in [1.82, 2.24) is 0 Å². The van der Waals surface area contributed by atoms with Gasteiger partial charge in [-0.25, -0.2) is 4.79 Å². The number of aromatic carboxylic acids is 1. The second-order valence-corrected chi connectivity index (χ2v) is 18.0. The van der Waals surface area contributed by atoms with Crippen LogP contribution in [0.5, 0.6) is 0 Å². The van der Waals surface area contributed by atoms with Crippen LogP contribution in [0.15, 0.2) is 77.4 Å². The summed E-state index contributed by atoms with van der Waals surface area (Å²) in [4.78, 5) is 13.5. The Morgan fingerprint density at radius 1 is 0.780 bits per heavy atom. The van der Waals surface area contributed by atoms with E-state index in [1.165, 1.54) is 18.2 Å². The molecule has 2 aliphatic heterocycles.